The topological polar surface area (TPSA) is 40.6 Å². The summed E-state index contributed by atoms with van der Waals surface area (Å²) >= 11 is 7.81. The largest absolute Gasteiger partial charge is 0.293 e. The average molecular weight is 383 g/mol. The first-order chi connectivity index (χ1) is 11.4. The van der Waals surface area contributed by atoms with Crippen LogP contribution in [0.15, 0.2) is 34.5 Å². The first kappa shape index (κ1) is 16.5. The molecule has 4 rings (SSSR count). The predicted molar refractivity (Wildman–Crippen MR) is 97.2 cm³/mol. The van der Waals surface area contributed by atoms with Crippen molar-refractivity contribution < 1.29 is 8.42 Å². The van der Waals surface area contributed by atoms with Crippen LogP contribution in [0.4, 0.5) is 0 Å². The molecule has 0 spiro atoms. The van der Waals surface area contributed by atoms with E-state index in [4.69, 9.17) is 11.6 Å². The molecule has 7 heteroatoms. The van der Waals surface area contributed by atoms with Crippen molar-refractivity contribution in [1.29, 1.82) is 0 Å². The van der Waals surface area contributed by atoms with Crippen molar-refractivity contribution in [2.45, 2.75) is 30.8 Å². The molecule has 1 fully saturated rings. The molecule has 2 aliphatic rings. The van der Waals surface area contributed by atoms with Gasteiger partial charge in [0.25, 0.3) is 0 Å². The molecule has 2 aliphatic heterocycles. The van der Waals surface area contributed by atoms with Crippen LogP contribution in [0.1, 0.15) is 16.0 Å². The summed E-state index contributed by atoms with van der Waals surface area (Å²) in [5, 5.41) is 2.60. The minimum atomic E-state index is -3.45. The molecule has 0 radical (unpaired) electrons. The lowest BCUT2D eigenvalue weighted by Gasteiger charge is -2.45. The first-order valence-electron chi connectivity index (χ1n) is 8.01. The zero-order chi connectivity index (χ0) is 16.9. The van der Waals surface area contributed by atoms with Gasteiger partial charge >= 0.3 is 0 Å². The van der Waals surface area contributed by atoms with Crippen LogP contribution >= 0.6 is 22.9 Å². The number of fused-ring (bicyclic) bond motifs is 1. The number of rotatable bonds is 3. The molecular formula is C17H19ClN2O2S2. The van der Waals surface area contributed by atoms with E-state index in [2.05, 4.69) is 16.3 Å². The fourth-order valence-electron chi connectivity index (χ4n) is 3.42. The zero-order valence-corrected chi connectivity index (χ0v) is 15.8. The number of aryl methyl sites for hydroxylation is 1. The van der Waals surface area contributed by atoms with Crippen LogP contribution in [-0.4, -0.2) is 43.3 Å². The summed E-state index contributed by atoms with van der Waals surface area (Å²) in [6, 6.07) is 7.54. The van der Waals surface area contributed by atoms with Gasteiger partial charge in [-0.15, -0.1) is 11.3 Å². The smallest absolute Gasteiger partial charge is 0.243 e. The monoisotopic (exact) mass is 382 g/mol. The standard InChI is InChI=1S/C17H19ClN2O2S2/c1-12-2-3-14(18)8-17(12)24(21,22)20-10-15(11-20)19-6-4-16-13(9-19)5-7-23-16/h2-3,5,7-8,15H,4,6,9-11H2,1H3. The van der Waals surface area contributed by atoms with Crippen LogP contribution in [0.25, 0.3) is 0 Å². The average Bonchev–Trinajstić information content (AvgIpc) is 2.95. The Morgan fingerprint density at radius 1 is 1.25 bits per heavy atom. The third kappa shape index (κ3) is 2.80. The van der Waals surface area contributed by atoms with Gasteiger partial charge in [-0.2, -0.15) is 4.31 Å². The quantitative estimate of drug-likeness (QED) is 0.818. The van der Waals surface area contributed by atoms with Crippen molar-refractivity contribution in [1.82, 2.24) is 9.21 Å². The van der Waals surface area contributed by atoms with E-state index in [1.807, 2.05) is 18.3 Å². The lowest BCUT2D eigenvalue weighted by Crippen LogP contribution is -2.61. The molecule has 0 amide bonds. The highest BCUT2D eigenvalue weighted by Crippen LogP contribution is 2.31. The number of nitrogens with zero attached hydrogens (tertiary/aromatic N) is 2. The molecule has 0 unspecified atom stereocenters. The Hall–Kier alpha value is -0.920. The number of halogens is 1. The summed E-state index contributed by atoms with van der Waals surface area (Å²) in [5.41, 5.74) is 2.14. The maximum Gasteiger partial charge on any atom is 0.243 e. The molecule has 3 heterocycles. The van der Waals surface area contributed by atoms with Gasteiger partial charge in [-0.3, -0.25) is 4.90 Å². The number of hydrogen-bond acceptors (Lipinski definition) is 4. The molecule has 1 aromatic heterocycles. The van der Waals surface area contributed by atoms with Crippen LogP contribution in [0.2, 0.25) is 5.02 Å². The predicted octanol–water partition coefficient (Wildman–Crippen LogP) is 3.14. The zero-order valence-electron chi connectivity index (χ0n) is 13.4. The molecule has 1 saturated heterocycles. The maximum atomic E-state index is 12.8. The summed E-state index contributed by atoms with van der Waals surface area (Å²) in [5.74, 6) is 0. The molecule has 0 atom stereocenters. The van der Waals surface area contributed by atoms with Gasteiger partial charge in [-0.1, -0.05) is 17.7 Å². The molecular weight excluding hydrogens is 364 g/mol. The van der Waals surface area contributed by atoms with Gasteiger partial charge in [0, 0.05) is 42.1 Å². The van der Waals surface area contributed by atoms with Gasteiger partial charge in [0.15, 0.2) is 0 Å². The Kier molecular flexibility index (Phi) is 4.21. The fraction of sp³-hybridized carbons (Fsp3) is 0.412. The summed E-state index contributed by atoms with van der Waals surface area (Å²) in [6.45, 7) is 4.89. The van der Waals surface area contributed by atoms with Gasteiger partial charge in [-0.05, 0) is 48.1 Å². The molecule has 0 bridgehead atoms. The van der Waals surface area contributed by atoms with Gasteiger partial charge < -0.3 is 0 Å². The van der Waals surface area contributed by atoms with E-state index in [0.29, 0.717) is 29.0 Å². The Morgan fingerprint density at radius 2 is 2.04 bits per heavy atom. The Bertz CT molecular complexity index is 872. The normalized spacial score (nSPS) is 19.9. The van der Waals surface area contributed by atoms with Crippen molar-refractivity contribution >= 4 is 33.0 Å². The minimum absolute atomic E-state index is 0.312. The van der Waals surface area contributed by atoms with Crippen molar-refractivity contribution in [2.24, 2.45) is 0 Å². The van der Waals surface area contributed by atoms with Crippen LogP contribution in [0.3, 0.4) is 0 Å². The van der Waals surface area contributed by atoms with Gasteiger partial charge in [-0.25, -0.2) is 8.42 Å². The van der Waals surface area contributed by atoms with Crippen LogP contribution < -0.4 is 0 Å². The van der Waals surface area contributed by atoms with Gasteiger partial charge in [0.05, 0.1) is 4.90 Å². The first-order valence-corrected chi connectivity index (χ1v) is 10.7. The fourth-order valence-corrected chi connectivity index (χ4v) is 6.31. The molecule has 24 heavy (non-hydrogen) atoms. The van der Waals surface area contributed by atoms with Crippen molar-refractivity contribution in [3.05, 3.63) is 50.7 Å². The van der Waals surface area contributed by atoms with Gasteiger partial charge in [0.1, 0.15) is 0 Å². The van der Waals surface area contributed by atoms with E-state index >= 15 is 0 Å². The van der Waals surface area contributed by atoms with E-state index in [1.54, 1.807) is 22.5 Å². The van der Waals surface area contributed by atoms with E-state index in [0.717, 1.165) is 25.1 Å². The van der Waals surface area contributed by atoms with E-state index in [-0.39, 0.29) is 0 Å². The molecule has 128 valence electrons. The van der Waals surface area contributed by atoms with Crippen molar-refractivity contribution in [2.75, 3.05) is 19.6 Å². The molecule has 0 aliphatic carbocycles. The van der Waals surface area contributed by atoms with Gasteiger partial charge in [0.2, 0.25) is 10.0 Å². The minimum Gasteiger partial charge on any atom is -0.293 e. The van der Waals surface area contributed by atoms with Crippen molar-refractivity contribution in [3.63, 3.8) is 0 Å². The molecule has 1 aromatic carbocycles. The third-order valence-corrected chi connectivity index (χ3v) is 8.18. The third-order valence-electron chi connectivity index (χ3n) is 4.95. The Morgan fingerprint density at radius 3 is 2.83 bits per heavy atom. The highest BCUT2D eigenvalue weighted by atomic mass is 35.5. The molecule has 4 nitrogen and oxygen atoms in total. The molecule has 2 aromatic rings. The number of benzene rings is 1. The second-order valence-corrected chi connectivity index (χ2v) is 9.82. The number of hydrogen-bond donors (Lipinski definition) is 0. The number of thiophene rings is 1. The SMILES string of the molecule is Cc1ccc(Cl)cc1S(=O)(=O)N1CC(N2CCc3sccc3C2)C1. The molecule has 0 saturated carbocycles. The summed E-state index contributed by atoms with van der Waals surface area (Å²) in [4.78, 5) is 4.21. The Labute approximate surface area is 151 Å². The maximum absolute atomic E-state index is 12.8. The highest BCUT2D eigenvalue weighted by molar-refractivity contribution is 7.89. The second-order valence-electron chi connectivity index (χ2n) is 6.48. The number of sulfonamides is 1. The van der Waals surface area contributed by atoms with Crippen molar-refractivity contribution in [3.8, 4) is 0 Å². The van der Waals surface area contributed by atoms with E-state index in [1.165, 1.54) is 10.4 Å². The molecule has 0 N–H and O–H groups in total. The second kappa shape index (κ2) is 6.11. The lowest BCUT2D eigenvalue weighted by molar-refractivity contribution is 0.0775. The summed E-state index contributed by atoms with van der Waals surface area (Å²) < 4.78 is 27.2. The van der Waals surface area contributed by atoms with Crippen LogP contribution in [0.5, 0.6) is 0 Å². The summed E-state index contributed by atoms with van der Waals surface area (Å²) in [6.07, 6.45) is 1.07. The highest BCUT2D eigenvalue weighted by Gasteiger charge is 2.40. The van der Waals surface area contributed by atoms with Crippen LogP contribution in [0, 0.1) is 6.92 Å². The Balaban J connectivity index is 1.46. The van der Waals surface area contributed by atoms with E-state index in [9.17, 15) is 8.42 Å². The van der Waals surface area contributed by atoms with Crippen LogP contribution in [-0.2, 0) is 23.0 Å². The lowest BCUT2D eigenvalue weighted by atomic mass is 10.0. The summed E-state index contributed by atoms with van der Waals surface area (Å²) in [7, 11) is -3.45. The van der Waals surface area contributed by atoms with E-state index < -0.39 is 10.0 Å².